The zero-order valence-electron chi connectivity index (χ0n) is 17.0. The Morgan fingerprint density at radius 1 is 1.19 bits per heavy atom. The molecule has 0 bridgehead atoms. The first-order valence-electron chi connectivity index (χ1n) is 8.44. The zero-order valence-corrected chi connectivity index (χ0v) is 17.9. The number of nitrogens with zero attached hydrogens (tertiary/aromatic N) is 2. The van der Waals surface area contributed by atoms with E-state index in [0.29, 0.717) is 5.01 Å². The van der Waals surface area contributed by atoms with E-state index in [2.05, 4.69) is 12.0 Å². The van der Waals surface area contributed by atoms with Gasteiger partial charge in [-0.25, -0.2) is 15.0 Å². The van der Waals surface area contributed by atoms with Gasteiger partial charge in [0.25, 0.3) is 0 Å². The highest BCUT2D eigenvalue weighted by atomic mass is 32.1. The number of amides is 2. The van der Waals surface area contributed by atoms with Gasteiger partial charge >= 0.3 is 12.2 Å². The number of hydrogen-bond donors (Lipinski definition) is 1. The van der Waals surface area contributed by atoms with Crippen LogP contribution in [0, 0.1) is 11.3 Å². The first kappa shape index (κ1) is 24.7. The Morgan fingerprint density at radius 2 is 1.70 bits per heavy atom. The van der Waals surface area contributed by atoms with Gasteiger partial charge in [0.05, 0.1) is 6.61 Å². The maximum absolute atomic E-state index is 12.8. The average Bonchev–Trinajstić information content (AvgIpc) is 2.47. The van der Waals surface area contributed by atoms with Crippen LogP contribution in [0.15, 0.2) is 12.7 Å². The summed E-state index contributed by atoms with van der Waals surface area (Å²) in [4.78, 5) is 25.1. The molecule has 0 fully saturated rings. The third-order valence-electron chi connectivity index (χ3n) is 2.80. The topological polar surface area (TPSA) is 101 Å². The molecule has 0 saturated carbocycles. The number of rotatable bonds is 5. The summed E-state index contributed by atoms with van der Waals surface area (Å²) in [6.45, 7) is 15.4. The largest absolute Gasteiger partial charge is 0.484 e. The highest BCUT2D eigenvalue weighted by Gasteiger charge is 2.48. The second-order valence-electron chi connectivity index (χ2n) is 7.61. The minimum Gasteiger partial charge on any atom is -0.484 e. The van der Waals surface area contributed by atoms with Crippen molar-refractivity contribution < 1.29 is 23.8 Å². The van der Waals surface area contributed by atoms with Crippen LogP contribution in [0.1, 0.15) is 54.9 Å². The fourth-order valence-electron chi connectivity index (χ4n) is 1.86. The first-order chi connectivity index (χ1) is 12.2. The monoisotopic (exact) mass is 399 g/mol. The fraction of sp³-hybridized carbons (Fsp3) is 0.667. The van der Waals surface area contributed by atoms with Gasteiger partial charge in [-0.2, -0.15) is 10.3 Å². The predicted molar refractivity (Wildman–Crippen MR) is 105 cm³/mol. The molecule has 0 aliphatic rings. The number of hydrazine groups is 1. The zero-order chi connectivity index (χ0) is 21.5. The lowest BCUT2D eigenvalue weighted by Gasteiger charge is -2.38. The van der Waals surface area contributed by atoms with Gasteiger partial charge in [-0.1, -0.05) is 6.08 Å². The van der Waals surface area contributed by atoms with Crippen molar-refractivity contribution in [2.45, 2.75) is 71.6 Å². The normalized spacial score (nSPS) is 13.4. The van der Waals surface area contributed by atoms with Gasteiger partial charge in [0.15, 0.2) is 0 Å². The molecule has 0 radical (unpaired) electrons. The second-order valence-corrected chi connectivity index (χ2v) is 7.99. The predicted octanol–water partition coefficient (Wildman–Crippen LogP) is 3.87. The number of hydrogen-bond acceptors (Lipinski definition) is 7. The Balaban J connectivity index is 6.11. The summed E-state index contributed by atoms with van der Waals surface area (Å²) in [5.41, 5.74) is -1.27. The summed E-state index contributed by atoms with van der Waals surface area (Å²) >= 11 is 5.22. The van der Waals surface area contributed by atoms with Crippen LogP contribution in [-0.2, 0) is 14.2 Å². The Hall–Kier alpha value is -2.34. The Morgan fingerprint density at radius 3 is 2.07 bits per heavy atom. The van der Waals surface area contributed by atoms with Gasteiger partial charge in [-0.05, 0) is 60.7 Å². The number of nitriles is 1. The maximum Gasteiger partial charge on any atom is 0.431 e. The molecule has 0 unspecified atom stereocenters. The molecule has 0 heterocycles. The van der Waals surface area contributed by atoms with Crippen LogP contribution in [0.2, 0.25) is 0 Å². The number of nitrogens with one attached hydrogen (secondary N) is 1. The van der Waals surface area contributed by atoms with Gasteiger partial charge in [0, 0.05) is 6.42 Å². The van der Waals surface area contributed by atoms with E-state index < -0.39 is 28.9 Å². The Kier molecular flexibility index (Phi) is 8.73. The van der Waals surface area contributed by atoms with E-state index in [1.54, 1.807) is 48.5 Å². The number of carbonyl (C=O) groups is 2. The lowest BCUT2D eigenvalue weighted by Crippen LogP contribution is -2.64. The van der Waals surface area contributed by atoms with Crippen LogP contribution in [0.4, 0.5) is 9.59 Å². The summed E-state index contributed by atoms with van der Waals surface area (Å²) in [7, 11) is 0. The second kappa shape index (κ2) is 9.55. The van der Waals surface area contributed by atoms with Crippen LogP contribution in [-0.4, -0.2) is 45.6 Å². The molecule has 0 aromatic rings. The van der Waals surface area contributed by atoms with Crippen molar-refractivity contribution in [2.75, 3.05) is 6.61 Å². The van der Waals surface area contributed by atoms with Crippen molar-refractivity contribution in [1.29, 1.82) is 5.26 Å². The van der Waals surface area contributed by atoms with Crippen LogP contribution in [0.3, 0.4) is 0 Å². The maximum atomic E-state index is 12.8. The van der Waals surface area contributed by atoms with Gasteiger partial charge < -0.3 is 14.2 Å². The lowest BCUT2D eigenvalue weighted by molar-refractivity contribution is -0.0128. The summed E-state index contributed by atoms with van der Waals surface area (Å²) in [6.07, 6.45) is -0.643. The molecule has 1 N–H and O–H groups in total. The minimum atomic E-state index is -1.84. The third-order valence-corrected chi connectivity index (χ3v) is 3.25. The highest BCUT2D eigenvalue weighted by Crippen LogP contribution is 2.25. The van der Waals surface area contributed by atoms with E-state index in [4.69, 9.17) is 26.4 Å². The van der Waals surface area contributed by atoms with Crippen LogP contribution < -0.4 is 5.43 Å². The standard InChI is InChI=1S/C18H29N3O5S/c1-9-11-18(12-19,13(27)24-10-2)21(15(23)26-17(6,7)8)20-14(22)25-16(3,4)5/h9H,1,10-11H2,2-8H3,(H,20,22)/t18-/m1/s1. The van der Waals surface area contributed by atoms with Crippen molar-refractivity contribution in [1.82, 2.24) is 10.4 Å². The number of carbonyl (C=O) groups excluding carboxylic acids is 2. The highest BCUT2D eigenvalue weighted by molar-refractivity contribution is 7.80. The molecule has 9 heteroatoms. The molecule has 2 amide bonds. The van der Waals surface area contributed by atoms with Crippen molar-refractivity contribution >= 4 is 29.5 Å². The van der Waals surface area contributed by atoms with Crippen LogP contribution >= 0.6 is 12.2 Å². The fourth-order valence-corrected chi connectivity index (χ4v) is 2.20. The van der Waals surface area contributed by atoms with Gasteiger partial charge in [0.2, 0.25) is 10.6 Å². The van der Waals surface area contributed by atoms with Crippen LogP contribution in [0.5, 0.6) is 0 Å². The van der Waals surface area contributed by atoms with Crippen molar-refractivity contribution in [3.63, 3.8) is 0 Å². The average molecular weight is 400 g/mol. The summed E-state index contributed by atoms with van der Waals surface area (Å²) in [6, 6.07) is 1.95. The molecule has 0 rings (SSSR count). The van der Waals surface area contributed by atoms with Gasteiger partial charge in [0.1, 0.15) is 17.3 Å². The molecular formula is C18H29N3O5S. The van der Waals surface area contributed by atoms with Crippen molar-refractivity contribution in [3.05, 3.63) is 12.7 Å². The first-order valence-corrected chi connectivity index (χ1v) is 8.85. The molecule has 8 nitrogen and oxygen atoms in total. The SMILES string of the molecule is C=CC[C@@](C#N)(C(=S)OCC)N(NC(=O)OC(C)(C)C)C(=O)OC(C)(C)C. The molecular weight excluding hydrogens is 370 g/mol. The quantitative estimate of drug-likeness (QED) is 0.425. The summed E-state index contributed by atoms with van der Waals surface area (Å²) in [5.74, 6) is 0. The summed E-state index contributed by atoms with van der Waals surface area (Å²) < 4.78 is 15.8. The Labute approximate surface area is 166 Å². The lowest BCUT2D eigenvalue weighted by atomic mass is 9.97. The van der Waals surface area contributed by atoms with E-state index in [0.717, 1.165) is 0 Å². The molecule has 0 spiro atoms. The molecule has 0 aromatic heterocycles. The van der Waals surface area contributed by atoms with E-state index in [-0.39, 0.29) is 18.1 Å². The van der Waals surface area contributed by atoms with E-state index in [1.807, 2.05) is 6.07 Å². The number of ether oxygens (including phenoxy) is 3. The van der Waals surface area contributed by atoms with Crippen LogP contribution in [0.25, 0.3) is 0 Å². The Bertz CT molecular complexity index is 616. The molecule has 1 atom stereocenters. The molecule has 152 valence electrons. The minimum absolute atomic E-state index is 0.0998. The van der Waals surface area contributed by atoms with E-state index in [9.17, 15) is 14.9 Å². The number of thiocarbonyl (C=S) groups is 1. The third kappa shape index (κ3) is 7.83. The molecule has 0 aliphatic heterocycles. The molecule has 0 aliphatic carbocycles. The molecule has 0 aromatic carbocycles. The van der Waals surface area contributed by atoms with Crippen molar-refractivity contribution in [3.8, 4) is 6.07 Å². The smallest absolute Gasteiger partial charge is 0.431 e. The molecule has 27 heavy (non-hydrogen) atoms. The van der Waals surface area contributed by atoms with E-state index >= 15 is 0 Å². The van der Waals surface area contributed by atoms with Crippen molar-refractivity contribution in [2.24, 2.45) is 0 Å². The molecule has 0 saturated heterocycles. The summed E-state index contributed by atoms with van der Waals surface area (Å²) in [5, 5.41) is 10.4. The van der Waals surface area contributed by atoms with E-state index in [1.165, 1.54) is 6.08 Å². The van der Waals surface area contributed by atoms with Gasteiger partial charge in [-0.3, -0.25) is 0 Å². The van der Waals surface area contributed by atoms with Gasteiger partial charge in [-0.15, -0.1) is 6.58 Å².